The number of hydrogen-bond acceptors (Lipinski definition) is 17. The van der Waals surface area contributed by atoms with Crippen molar-refractivity contribution in [3.8, 4) is 5.75 Å². The second kappa shape index (κ2) is 38.7. The van der Waals surface area contributed by atoms with Gasteiger partial charge in [-0.3, -0.25) is 10.1 Å². The normalized spacial score (nSPS) is 11.2. The van der Waals surface area contributed by atoms with Crippen molar-refractivity contribution in [2.75, 3.05) is 170 Å². The van der Waals surface area contributed by atoms with Crippen LogP contribution in [0.25, 0.3) is 0 Å². The highest BCUT2D eigenvalue weighted by molar-refractivity contribution is 5.89. The fraction of sp³-hybridized carbons (Fsp3) is 0.683. The van der Waals surface area contributed by atoms with Gasteiger partial charge in [0.1, 0.15) is 19.0 Å². The van der Waals surface area contributed by atoms with Crippen molar-refractivity contribution in [2.24, 2.45) is 0 Å². The van der Waals surface area contributed by atoms with Crippen molar-refractivity contribution in [2.45, 2.75) is 19.8 Å². The monoisotopic (exact) mass is 842 g/mol. The van der Waals surface area contributed by atoms with E-state index in [4.69, 9.17) is 61.6 Å². The summed E-state index contributed by atoms with van der Waals surface area (Å²) < 4.78 is 71.0. The molecule has 0 amide bonds. The average Bonchev–Trinajstić information content (AvgIpc) is 3.25. The number of esters is 1. The van der Waals surface area contributed by atoms with Crippen molar-refractivity contribution in [1.82, 2.24) is 0 Å². The predicted molar refractivity (Wildman–Crippen MR) is 218 cm³/mol. The molecule has 0 fully saturated rings. The maximum atomic E-state index is 12.1. The number of nitrogens with one attached hydrogen (secondary N) is 1. The maximum absolute atomic E-state index is 12.1. The molecule has 336 valence electrons. The fourth-order valence-corrected chi connectivity index (χ4v) is 4.59. The van der Waals surface area contributed by atoms with Crippen molar-refractivity contribution in [1.29, 1.82) is 0 Å². The fourth-order valence-electron chi connectivity index (χ4n) is 4.59. The Kier molecular flexibility index (Phi) is 33.8. The number of rotatable bonds is 43. The minimum Gasteiger partial charge on any atom is -0.491 e. The van der Waals surface area contributed by atoms with E-state index >= 15 is 0 Å². The van der Waals surface area contributed by atoms with Gasteiger partial charge in [-0.2, -0.15) is 0 Å². The number of unbranched alkanes of at least 4 members (excludes halogenated alkanes) is 1. The van der Waals surface area contributed by atoms with E-state index in [2.05, 4.69) is 12.2 Å². The summed E-state index contributed by atoms with van der Waals surface area (Å²) in [5, 5.41) is 14.0. The number of nitro groups is 1. The van der Waals surface area contributed by atoms with Gasteiger partial charge in [-0.25, -0.2) is 4.79 Å². The summed E-state index contributed by atoms with van der Waals surface area (Å²) in [6, 6.07) is 13.2. The molecule has 18 heteroatoms. The van der Waals surface area contributed by atoms with Crippen molar-refractivity contribution < 1.29 is 71.3 Å². The summed E-state index contributed by atoms with van der Waals surface area (Å²) >= 11 is 0. The Morgan fingerprint density at radius 2 is 0.831 bits per heavy atom. The Labute approximate surface area is 348 Å². The van der Waals surface area contributed by atoms with E-state index in [1.54, 1.807) is 24.3 Å². The lowest BCUT2D eigenvalue weighted by Crippen LogP contribution is -2.16. The van der Waals surface area contributed by atoms with Crippen LogP contribution in [0.3, 0.4) is 0 Å². The van der Waals surface area contributed by atoms with E-state index in [1.807, 2.05) is 12.1 Å². The van der Waals surface area contributed by atoms with Crippen LogP contribution in [0.4, 0.5) is 11.4 Å². The highest BCUT2D eigenvalue weighted by atomic mass is 16.6. The smallest absolute Gasteiger partial charge is 0.338 e. The number of carbonyl (C=O) groups is 1. The lowest BCUT2D eigenvalue weighted by molar-refractivity contribution is -0.384. The number of benzene rings is 2. The average molecular weight is 843 g/mol. The zero-order valence-electron chi connectivity index (χ0n) is 34.7. The van der Waals surface area contributed by atoms with Gasteiger partial charge in [0.25, 0.3) is 5.69 Å². The lowest BCUT2D eigenvalue weighted by Gasteiger charge is -2.09. The standard InChI is InChI=1S/C41H66N2O16/c1-2-3-12-42-38-6-4-37(5-7-38)41(44)59-36-34-57-32-30-55-28-26-53-24-22-51-20-18-49-16-14-47-13-15-48-17-19-50-21-23-52-25-27-54-29-31-56-33-35-58-40-10-8-39(9-11-40)43(45)46/h4-11,42H,2-3,12-36H2,1H3. The molecular formula is C41H66N2O16. The first-order valence-electron chi connectivity index (χ1n) is 20.3. The minimum atomic E-state index is -0.454. The Hall–Kier alpha value is -3.53. The summed E-state index contributed by atoms with van der Waals surface area (Å²) in [7, 11) is 0. The van der Waals surface area contributed by atoms with Crippen LogP contribution in [-0.2, 0) is 56.8 Å². The predicted octanol–water partition coefficient (Wildman–Crippen LogP) is 4.23. The molecule has 0 bridgehead atoms. The summed E-state index contributed by atoms with van der Waals surface area (Å²) in [6.45, 7) is 13.5. The molecule has 2 aromatic carbocycles. The molecule has 18 nitrogen and oxygen atoms in total. The van der Waals surface area contributed by atoms with Gasteiger partial charge in [-0.15, -0.1) is 0 Å². The molecule has 2 aromatic rings. The van der Waals surface area contributed by atoms with E-state index in [1.165, 1.54) is 12.1 Å². The van der Waals surface area contributed by atoms with Gasteiger partial charge < -0.3 is 66.9 Å². The molecule has 0 radical (unpaired) electrons. The molecule has 0 atom stereocenters. The number of hydrogen-bond donors (Lipinski definition) is 1. The van der Waals surface area contributed by atoms with Gasteiger partial charge in [-0.05, 0) is 42.8 Å². The highest BCUT2D eigenvalue weighted by Crippen LogP contribution is 2.17. The third-order valence-electron chi connectivity index (χ3n) is 7.70. The second-order valence-corrected chi connectivity index (χ2v) is 12.3. The number of non-ortho nitro benzene ring substituents is 1. The minimum absolute atomic E-state index is 0.0212. The number of carbonyl (C=O) groups excluding carboxylic acids is 1. The topological polar surface area (TPSA) is 192 Å². The van der Waals surface area contributed by atoms with E-state index in [0.717, 1.165) is 25.1 Å². The number of ether oxygens (including phenoxy) is 13. The Bertz CT molecular complexity index is 1260. The summed E-state index contributed by atoms with van der Waals surface area (Å²) in [5.41, 5.74) is 1.52. The molecule has 0 saturated carbocycles. The molecule has 0 unspecified atom stereocenters. The van der Waals surface area contributed by atoms with Crippen LogP contribution in [0, 0.1) is 10.1 Å². The Morgan fingerprint density at radius 1 is 0.492 bits per heavy atom. The van der Waals surface area contributed by atoms with E-state index in [9.17, 15) is 14.9 Å². The summed E-state index contributed by atoms with van der Waals surface area (Å²) in [6.07, 6.45) is 2.23. The van der Waals surface area contributed by atoms with Crippen molar-refractivity contribution in [3.05, 3.63) is 64.2 Å². The molecule has 2 rings (SSSR count). The van der Waals surface area contributed by atoms with E-state index in [0.29, 0.717) is 163 Å². The SMILES string of the molecule is CCCCNc1ccc(C(=O)OCCOCCOCCOCCOCCOCCOCCOCCOCCOCCOCCOCCOc2ccc([N+](=O)[O-])cc2)cc1. The first kappa shape index (κ1) is 51.6. The molecule has 0 aliphatic carbocycles. The Balaban J connectivity index is 1.17. The zero-order valence-corrected chi connectivity index (χ0v) is 34.7. The molecule has 0 spiro atoms. The molecule has 59 heavy (non-hydrogen) atoms. The molecule has 0 saturated heterocycles. The van der Waals surface area contributed by atoms with Crippen molar-refractivity contribution in [3.63, 3.8) is 0 Å². The van der Waals surface area contributed by atoms with Crippen molar-refractivity contribution >= 4 is 17.3 Å². The quantitative estimate of drug-likeness (QED) is 0.0431. The van der Waals surface area contributed by atoms with Crippen LogP contribution in [0.1, 0.15) is 30.1 Å². The van der Waals surface area contributed by atoms with Gasteiger partial charge in [0, 0.05) is 24.4 Å². The molecule has 1 N–H and O–H groups in total. The number of nitro benzene ring substituents is 1. The first-order valence-corrected chi connectivity index (χ1v) is 20.3. The highest BCUT2D eigenvalue weighted by Gasteiger charge is 2.07. The van der Waals surface area contributed by atoms with Gasteiger partial charge in [-0.1, -0.05) is 13.3 Å². The molecule has 0 aliphatic heterocycles. The third-order valence-corrected chi connectivity index (χ3v) is 7.70. The van der Waals surface area contributed by atoms with Crippen LogP contribution in [0.2, 0.25) is 0 Å². The lowest BCUT2D eigenvalue weighted by atomic mass is 10.2. The van der Waals surface area contributed by atoms with Crippen LogP contribution in [0.15, 0.2) is 48.5 Å². The summed E-state index contributed by atoms with van der Waals surface area (Å²) in [4.78, 5) is 22.3. The number of anilines is 1. The first-order chi connectivity index (χ1) is 29.1. The van der Waals surface area contributed by atoms with Gasteiger partial charge in [0.15, 0.2) is 0 Å². The summed E-state index contributed by atoms with van der Waals surface area (Å²) in [5.74, 6) is 0.183. The second-order valence-electron chi connectivity index (χ2n) is 12.3. The molecule has 0 aliphatic rings. The third kappa shape index (κ3) is 31.1. The van der Waals surface area contributed by atoms with Crippen LogP contribution in [0.5, 0.6) is 5.75 Å². The molecular weight excluding hydrogens is 776 g/mol. The molecule has 0 heterocycles. The van der Waals surface area contributed by atoms with E-state index in [-0.39, 0.29) is 18.3 Å². The van der Waals surface area contributed by atoms with Crippen LogP contribution in [-0.4, -0.2) is 176 Å². The van der Waals surface area contributed by atoms with Crippen LogP contribution >= 0.6 is 0 Å². The Morgan fingerprint density at radius 3 is 1.17 bits per heavy atom. The van der Waals surface area contributed by atoms with Gasteiger partial charge in [0.2, 0.25) is 0 Å². The number of nitrogens with zero attached hydrogens (tertiary/aromatic N) is 1. The zero-order chi connectivity index (χ0) is 42.1. The largest absolute Gasteiger partial charge is 0.491 e. The molecule has 0 aromatic heterocycles. The van der Waals surface area contributed by atoms with Gasteiger partial charge >= 0.3 is 5.97 Å². The maximum Gasteiger partial charge on any atom is 0.338 e. The van der Waals surface area contributed by atoms with Crippen LogP contribution < -0.4 is 10.1 Å². The van der Waals surface area contributed by atoms with Gasteiger partial charge in [0.05, 0.1) is 156 Å². The van der Waals surface area contributed by atoms with E-state index < -0.39 is 4.92 Å².